The summed E-state index contributed by atoms with van der Waals surface area (Å²) in [5.41, 5.74) is 7.36. The summed E-state index contributed by atoms with van der Waals surface area (Å²) >= 11 is 0. The van der Waals surface area contributed by atoms with Crippen molar-refractivity contribution in [1.29, 1.82) is 0 Å². The van der Waals surface area contributed by atoms with Crippen molar-refractivity contribution >= 4 is 297 Å². The highest BCUT2D eigenvalue weighted by atomic mass is 16.5. The van der Waals surface area contributed by atoms with Crippen molar-refractivity contribution in [3.8, 4) is 0 Å². The summed E-state index contributed by atoms with van der Waals surface area (Å²) in [6, 6.07) is 12.2. The predicted molar refractivity (Wildman–Crippen MR) is 331 cm³/mol. The molecule has 34 rings (SSSR count). The van der Waals surface area contributed by atoms with Gasteiger partial charge in [0, 0.05) is 22.7 Å². The molecule has 0 atom stereocenters. The van der Waals surface area contributed by atoms with Crippen LogP contribution in [0.15, 0.2) is 30.3 Å². The number of benzene rings is 19. The SMILES string of the molecule is CCCCCCOC(=O)CCCC1(c2ccccc2)C23c4c5c6c7c8c9c(c%10c%11c2c2c4c4c%12c5c5c6c6c8c8c%13c9c9c%10c%10c%11c%11c2c2c4c4c%12c%12c5c5c6c8c6c8c%13c9c9c%10c%10c%11c2c2c4c4c%12c5c6c5c8c9c%10c2c45)C713. The maximum atomic E-state index is 14.3. The normalized spacial score (nSPS) is 22.8. The Kier molecular flexibility index (Phi) is 3.17. The number of hydrogen-bond acceptors (Lipinski definition) is 2. The molecule has 2 spiro atoms. The summed E-state index contributed by atoms with van der Waals surface area (Å²) in [6.45, 7) is 2.80. The molecule has 0 bridgehead atoms. The van der Waals surface area contributed by atoms with Gasteiger partial charge in [0.25, 0.3) is 0 Å². The Balaban J connectivity index is 0.979. The lowest BCUT2D eigenvalue weighted by atomic mass is 9.68. The quantitative estimate of drug-likeness (QED) is 0.0775. The van der Waals surface area contributed by atoms with Crippen LogP contribution < -0.4 is 0 Å². The van der Waals surface area contributed by atoms with Crippen LogP contribution in [0.2, 0.25) is 0 Å². The van der Waals surface area contributed by atoms with Gasteiger partial charge in [0.2, 0.25) is 0 Å². The fourth-order valence-corrected chi connectivity index (χ4v) is 27.7. The minimum absolute atomic E-state index is 0.00430. The van der Waals surface area contributed by atoms with E-state index in [2.05, 4.69) is 37.3 Å². The van der Waals surface area contributed by atoms with E-state index < -0.39 is 0 Å². The lowest BCUT2D eigenvalue weighted by Gasteiger charge is -2.32. The maximum absolute atomic E-state index is 14.3. The molecule has 29 aromatic carbocycles. The molecule has 29 aromatic rings. The molecular weight excluding hydrogens is 957 g/mol. The molecule has 0 unspecified atom stereocenters. The molecule has 2 heteroatoms. The van der Waals surface area contributed by atoms with Gasteiger partial charge in [-0.3, -0.25) is 4.79 Å². The first-order valence-corrected chi connectivity index (χ1v) is 30.3. The summed E-state index contributed by atoms with van der Waals surface area (Å²) in [5.74, 6) is -0.00430. The predicted octanol–water partition coefficient (Wildman–Crippen LogP) is 20.5. The molecule has 0 amide bonds. The van der Waals surface area contributed by atoms with Gasteiger partial charge in [-0.1, -0.05) is 56.5 Å². The fraction of sp³-hybridized carbons (Fsp3) is 0.156. The molecule has 0 aromatic heterocycles. The average molecular weight is 981 g/mol. The standard InChI is InChI=1S/C77H24O2/c1-2-3-4-8-14-79-16(78)12-9-13-75(15-10-6-5-7-11-15)76-71-63-55-45-35-27-19-17-18-21-25-23(19)31-39-33(25)43-37-29(21)30-22(18)26-24-20(17)28(27)36-42-32(24)40-34(26)44-38(30)48-47(37)57-51(43)61-53(39)59(49(55)41(31)35)67(71)69(61)73-65(57)66-58(48)52(44)62-54(40)60-50(42)56(46(36)45)64(63)72(76)68(60)70(62)74(66)77(73,75)76/h5-7,10-11H,2-4,8-9,12-14H2,1H3. The summed E-state index contributed by atoms with van der Waals surface area (Å²) in [4.78, 5) is 14.3. The zero-order valence-electron chi connectivity index (χ0n) is 41.9. The first kappa shape index (κ1) is 32.1. The van der Waals surface area contributed by atoms with E-state index >= 15 is 0 Å². The zero-order valence-corrected chi connectivity index (χ0v) is 41.9. The van der Waals surface area contributed by atoms with Crippen molar-refractivity contribution in [2.24, 2.45) is 0 Å². The van der Waals surface area contributed by atoms with Gasteiger partial charge >= 0.3 is 5.97 Å². The van der Waals surface area contributed by atoms with Crippen LogP contribution >= 0.6 is 0 Å². The summed E-state index contributed by atoms with van der Waals surface area (Å²) in [5, 5.41) is 88.7. The molecule has 5 aliphatic carbocycles. The third kappa shape index (κ3) is 1.87. The van der Waals surface area contributed by atoms with E-state index in [-0.39, 0.29) is 22.2 Å². The van der Waals surface area contributed by atoms with Gasteiger partial charge in [0.05, 0.1) is 6.61 Å². The fourth-order valence-electron chi connectivity index (χ4n) is 27.7. The largest absolute Gasteiger partial charge is 0.466 e. The molecule has 0 aliphatic heterocycles. The van der Waals surface area contributed by atoms with Crippen molar-refractivity contribution in [2.75, 3.05) is 6.61 Å². The van der Waals surface area contributed by atoms with E-state index in [1.54, 1.807) is 313 Å². The molecule has 0 radical (unpaired) electrons. The lowest BCUT2D eigenvalue weighted by Crippen LogP contribution is -2.27. The Morgan fingerprint density at radius 3 is 0.785 bits per heavy atom. The Morgan fingerprint density at radius 2 is 0.544 bits per heavy atom. The zero-order chi connectivity index (χ0) is 48.0. The smallest absolute Gasteiger partial charge is 0.305 e. The van der Waals surface area contributed by atoms with Crippen LogP contribution in [0.25, 0.3) is 291 Å². The Bertz CT molecular complexity index is 7070. The minimum Gasteiger partial charge on any atom is -0.466 e. The Labute approximate surface area is 436 Å². The lowest BCUT2D eigenvalue weighted by molar-refractivity contribution is -0.143. The third-order valence-electron chi connectivity index (χ3n) is 28.0. The van der Waals surface area contributed by atoms with E-state index in [0.29, 0.717) is 13.0 Å². The topological polar surface area (TPSA) is 26.3 Å². The van der Waals surface area contributed by atoms with Crippen LogP contribution in [0.3, 0.4) is 0 Å². The van der Waals surface area contributed by atoms with Gasteiger partial charge in [0.15, 0.2) is 0 Å². The van der Waals surface area contributed by atoms with Gasteiger partial charge < -0.3 is 4.74 Å². The molecule has 344 valence electrons. The highest BCUT2D eigenvalue weighted by molar-refractivity contribution is 6.82. The van der Waals surface area contributed by atoms with Crippen LogP contribution in [-0.4, -0.2) is 12.6 Å². The molecule has 0 saturated heterocycles. The monoisotopic (exact) mass is 980 g/mol. The maximum Gasteiger partial charge on any atom is 0.305 e. The van der Waals surface area contributed by atoms with Crippen molar-refractivity contribution in [2.45, 2.75) is 68.1 Å². The van der Waals surface area contributed by atoms with Gasteiger partial charge in [-0.2, -0.15) is 0 Å². The summed E-state index contributed by atoms with van der Waals surface area (Å²) in [7, 11) is 0. The number of unbranched alkanes of at least 4 members (excludes halogenated alkanes) is 3. The second-order valence-corrected chi connectivity index (χ2v) is 28.7. The van der Waals surface area contributed by atoms with Crippen LogP contribution in [0.4, 0.5) is 0 Å². The number of carbonyl (C=O) groups is 1. The van der Waals surface area contributed by atoms with E-state index in [9.17, 15) is 4.79 Å². The summed E-state index contributed by atoms with van der Waals surface area (Å²) < 4.78 is 6.20. The third-order valence-corrected chi connectivity index (χ3v) is 28.0. The number of rotatable bonds is 10. The molecule has 0 N–H and O–H groups in total. The van der Waals surface area contributed by atoms with Crippen molar-refractivity contribution in [3.05, 3.63) is 58.1 Å². The molecular formula is C77H24O2. The van der Waals surface area contributed by atoms with Gasteiger partial charge in [-0.25, -0.2) is 0 Å². The number of carbonyl (C=O) groups excluding carboxylic acids is 1. The highest BCUT2D eigenvalue weighted by Gasteiger charge is 2.94. The van der Waals surface area contributed by atoms with Crippen LogP contribution in [0.5, 0.6) is 0 Å². The molecule has 0 heterocycles. The van der Waals surface area contributed by atoms with E-state index in [1.165, 1.54) is 18.4 Å². The Hall–Kier alpha value is -8.85. The minimum atomic E-state index is -0.350. The second-order valence-electron chi connectivity index (χ2n) is 28.7. The van der Waals surface area contributed by atoms with Crippen LogP contribution in [0.1, 0.15) is 79.7 Å². The van der Waals surface area contributed by atoms with E-state index in [0.717, 1.165) is 25.7 Å². The molecule has 2 nitrogen and oxygen atoms in total. The van der Waals surface area contributed by atoms with Gasteiger partial charge in [-0.15, -0.1) is 0 Å². The van der Waals surface area contributed by atoms with Crippen LogP contribution in [0, 0.1) is 0 Å². The number of esters is 1. The van der Waals surface area contributed by atoms with Crippen molar-refractivity contribution in [3.63, 3.8) is 0 Å². The van der Waals surface area contributed by atoms with Crippen molar-refractivity contribution in [1.82, 2.24) is 0 Å². The van der Waals surface area contributed by atoms with Gasteiger partial charge in [-0.05, 0) is 338 Å². The van der Waals surface area contributed by atoms with E-state index in [1.807, 2.05) is 0 Å². The molecule has 1 saturated carbocycles. The highest BCUT2D eigenvalue weighted by Crippen LogP contribution is 2.97. The molecule has 5 aliphatic rings. The average Bonchev–Trinajstić information content (AvgIpc) is 1.40. The van der Waals surface area contributed by atoms with Crippen LogP contribution in [-0.2, 0) is 25.8 Å². The molecule has 1 fully saturated rings. The first-order chi connectivity index (χ1) is 39.3. The molecule has 79 heavy (non-hydrogen) atoms. The second kappa shape index (κ2) is 7.78. The first-order valence-electron chi connectivity index (χ1n) is 30.3. The van der Waals surface area contributed by atoms with Crippen molar-refractivity contribution < 1.29 is 9.53 Å². The van der Waals surface area contributed by atoms with Gasteiger partial charge in [0.1, 0.15) is 0 Å². The number of ether oxygens (including phenoxy) is 1. The Morgan fingerprint density at radius 1 is 0.304 bits per heavy atom. The van der Waals surface area contributed by atoms with E-state index in [4.69, 9.17) is 4.74 Å². The number of hydrogen-bond donors (Lipinski definition) is 0. The summed E-state index contributed by atoms with van der Waals surface area (Å²) in [6.07, 6.45) is 6.68.